The second kappa shape index (κ2) is 6.36. The van der Waals surface area contributed by atoms with Gasteiger partial charge in [0.2, 0.25) is 5.91 Å². The molecule has 3 rings (SSSR count). The van der Waals surface area contributed by atoms with Crippen LogP contribution in [0, 0.1) is 17.6 Å². The highest BCUT2D eigenvalue weighted by Gasteiger charge is 2.15. The Balaban J connectivity index is 1.66. The zero-order chi connectivity index (χ0) is 15.5. The van der Waals surface area contributed by atoms with Gasteiger partial charge in [-0.15, -0.1) is 11.3 Å². The number of carbonyl (C=O) groups is 1. The molecule has 6 heteroatoms. The highest BCUT2D eigenvalue weighted by atomic mass is 32.1. The summed E-state index contributed by atoms with van der Waals surface area (Å²) in [6.07, 6.45) is 6.62. The Bertz CT molecular complexity index is 727. The first-order chi connectivity index (χ1) is 10.6. The number of hydrogen-bond donors (Lipinski definition) is 1. The van der Waals surface area contributed by atoms with Gasteiger partial charge in [0.1, 0.15) is 0 Å². The molecule has 0 saturated heterocycles. The number of rotatable bonds is 4. The molecule has 0 saturated carbocycles. The molecule has 2 aromatic rings. The van der Waals surface area contributed by atoms with Crippen LogP contribution in [0.4, 0.5) is 13.9 Å². The minimum atomic E-state index is -0.913. The van der Waals surface area contributed by atoms with Crippen molar-refractivity contribution in [3.63, 3.8) is 0 Å². The summed E-state index contributed by atoms with van der Waals surface area (Å²) < 4.78 is 26.2. The van der Waals surface area contributed by atoms with Crippen LogP contribution in [-0.4, -0.2) is 10.9 Å². The van der Waals surface area contributed by atoms with Gasteiger partial charge in [0, 0.05) is 17.4 Å². The Kier molecular flexibility index (Phi) is 4.29. The smallest absolute Gasteiger partial charge is 0.226 e. The van der Waals surface area contributed by atoms with Crippen molar-refractivity contribution in [1.82, 2.24) is 4.98 Å². The topological polar surface area (TPSA) is 42.0 Å². The molecule has 1 heterocycles. The Morgan fingerprint density at radius 3 is 2.95 bits per heavy atom. The lowest BCUT2D eigenvalue weighted by Crippen LogP contribution is -2.14. The van der Waals surface area contributed by atoms with Crippen LogP contribution in [-0.2, 0) is 4.79 Å². The van der Waals surface area contributed by atoms with Crippen LogP contribution in [0.25, 0.3) is 11.3 Å². The molecule has 1 atom stereocenters. The maximum atomic E-state index is 13.2. The van der Waals surface area contributed by atoms with Gasteiger partial charge in [-0.1, -0.05) is 12.2 Å². The number of carbonyl (C=O) groups excluding carboxylic acids is 1. The van der Waals surface area contributed by atoms with Gasteiger partial charge in [0.25, 0.3) is 0 Å². The van der Waals surface area contributed by atoms with E-state index >= 15 is 0 Å². The average Bonchev–Trinajstić information content (AvgIpc) is 3.13. The summed E-state index contributed by atoms with van der Waals surface area (Å²) in [4.78, 5) is 16.2. The first-order valence-corrected chi connectivity index (χ1v) is 7.87. The third-order valence-corrected chi connectivity index (χ3v) is 4.28. The van der Waals surface area contributed by atoms with Gasteiger partial charge in [-0.2, -0.15) is 0 Å². The van der Waals surface area contributed by atoms with E-state index in [1.807, 2.05) is 0 Å². The Labute approximate surface area is 130 Å². The van der Waals surface area contributed by atoms with Crippen molar-refractivity contribution >= 4 is 22.4 Å². The molecule has 0 bridgehead atoms. The molecule has 1 aliphatic rings. The Morgan fingerprint density at radius 1 is 1.36 bits per heavy atom. The first-order valence-electron chi connectivity index (χ1n) is 6.99. The summed E-state index contributed by atoms with van der Waals surface area (Å²) in [6.45, 7) is 0. The minimum Gasteiger partial charge on any atom is -0.302 e. The lowest BCUT2D eigenvalue weighted by molar-refractivity contribution is -0.116. The van der Waals surface area contributed by atoms with Crippen molar-refractivity contribution in [3.05, 3.63) is 47.4 Å². The van der Waals surface area contributed by atoms with E-state index in [1.165, 1.54) is 17.4 Å². The molecule has 1 amide bonds. The number of nitrogens with one attached hydrogen (secondary N) is 1. The summed E-state index contributed by atoms with van der Waals surface area (Å²) in [5.41, 5.74) is 0.995. The van der Waals surface area contributed by atoms with Crippen LogP contribution < -0.4 is 5.32 Å². The fraction of sp³-hybridized carbons (Fsp3) is 0.250. The van der Waals surface area contributed by atoms with Crippen LogP contribution in [0.15, 0.2) is 35.7 Å². The SMILES string of the molecule is O=C(C[C@@H]1C=CCC1)Nc1nc(-c2ccc(F)c(F)c2)cs1. The van der Waals surface area contributed by atoms with Crippen LogP contribution in [0.2, 0.25) is 0 Å². The normalized spacial score (nSPS) is 16.9. The maximum absolute atomic E-state index is 13.2. The number of aromatic nitrogens is 1. The zero-order valence-corrected chi connectivity index (χ0v) is 12.5. The van der Waals surface area contributed by atoms with Crippen molar-refractivity contribution in [1.29, 1.82) is 0 Å². The second-order valence-electron chi connectivity index (χ2n) is 5.18. The van der Waals surface area contributed by atoms with Crippen LogP contribution in [0.5, 0.6) is 0 Å². The molecule has 1 aliphatic carbocycles. The third-order valence-electron chi connectivity index (χ3n) is 3.53. The van der Waals surface area contributed by atoms with Gasteiger partial charge in [0.05, 0.1) is 5.69 Å². The van der Waals surface area contributed by atoms with Gasteiger partial charge in [-0.3, -0.25) is 4.79 Å². The standard InChI is InChI=1S/C16H14F2N2OS/c17-12-6-5-11(8-13(12)18)14-9-22-16(19-14)20-15(21)7-10-3-1-2-4-10/h1,3,5-6,8-10H,2,4,7H2,(H,19,20,21)/t10-/m1/s1. The van der Waals surface area contributed by atoms with E-state index in [0.717, 1.165) is 25.0 Å². The van der Waals surface area contributed by atoms with E-state index in [-0.39, 0.29) is 5.91 Å². The molecule has 22 heavy (non-hydrogen) atoms. The molecular weight excluding hydrogens is 306 g/mol. The van der Waals surface area contributed by atoms with Crippen LogP contribution in [0.3, 0.4) is 0 Å². The van der Waals surface area contributed by atoms with E-state index in [4.69, 9.17) is 0 Å². The monoisotopic (exact) mass is 320 g/mol. The van der Waals surface area contributed by atoms with E-state index in [9.17, 15) is 13.6 Å². The third kappa shape index (κ3) is 3.39. The van der Waals surface area contributed by atoms with Gasteiger partial charge in [-0.05, 0) is 37.0 Å². The predicted octanol–water partition coefficient (Wildman–Crippen LogP) is 4.38. The lowest BCUT2D eigenvalue weighted by atomic mass is 10.1. The summed E-state index contributed by atoms with van der Waals surface area (Å²) in [5, 5.41) is 4.92. The van der Waals surface area contributed by atoms with Crippen LogP contribution in [0.1, 0.15) is 19.3 Å². The predicted molar refractivity (Wildman–Crippen MR) is 82.6 cm³/mol. The van der Waals surface area contributed by atoms with Crippen molar-refractivity contribution in [2.45, 2.75) is 19.3 Å². The van der Waals surface area contributed by atoms with E-state index < -0.39 is 11.6 Å². The molecule has 0 aliphatic heterocycles. The number of allylic oxidation sites excluding steroid dienone is 2. The molecular formula is C16H14F2N2OS. The summed E-state index contributed by atoms with van der Waals surface area (Å²) in [6, 6.07) is 3.62. The molecule has 114 valence electrons. The molecule has 0 fully saturated rings. The molecule has 3 nitrogen and oxygen atoms in total. The molecule has 1 aromatic heterocycles. The van der Waals surface area contributed by atoms with Gasteiger partial charge in [0.15, 0.2) is 16.8 Å². The molecule has 0 unspecified atom stereocenters. The Morgan fingerprint density at radius 2 is 2.23 bits per heavy atom. The van der Waals surface area contributed by atoms with Crippen molar-refractivity contribution in [2.75, 3.05) is 5.32 Å². The van der Waals surface area contributed by atoms with Gasteiger partial charge >= 0.3 is 0 Å². The van der Waals surface area contributed by atoms with Gasteiger partial charge < -0.3 is 5.32 Å². The zero-order valence-electron chi connectivity index (χ0n) is 11.7. The minimum absolute atomic E-state index is 0.0808. The number of anilines is 1. The number of benzene rings is 1. The first kappa shape index (κ1) is 14.8. The highest BCUT2D eigenvalue weighted by molar-refractivity contribution is 7.14. The van der Waals surface area contributed by atoms with Crippen molar-refractivity contribution in [3.8, 4) is 11.3 Å². The summed E-state index contributed by atoms with van der Waals surface area (Å²) >= 11 is 1.26. The fourth-order valence-electron chi connectivity index (χ4n) is 2.39. The number of nitrogens with zero attached hydrogens (tertiary/aromatic N) is 1. The largest absolute Gasteiger partial charge is 0.302 e. The highest BCUT2D eigenvalue weighted by Crippen LogP contribution is 2.27. The average molecular weight is 320 g/mol. The Hall–Kier alpha value is -2.08. The van der Waals surface area contributed by atoms with Gasteiger partial charge in [-0.25, -0.2) is 13.8 Å². The van der Waals surface area contributed by atoms with E-state index in [1.54, 1.807) is 5.38 Å². The fourth-order valence-corrected chi connectivity index (χ4v) is 3.13. The number of thiazole rings is 1. The molecule has 1 N–H and O–H groups in total. The van der Waals surface area contributed by atoms with Crippen LogP contribution >= 0.6 is 11.3 Å². The quantitative estimate of drug-likeness (QED) is 0.849. The van der Waals surface area contributed by atoms with E-state index in [0.29, 0.717) is 28.7 Å². The molecule has 0 radical (unpaired) electrons. The summed E-state index contributed by atoms with van der Waals surface area (Å²) in [7, 11) is 0. The lowest BCUT2D eigenvalue weighted by Gasteiger charge is -2.06. The second-order valence-corrected chi connectivity index (χ2v) is 6.04. The number of amides is 1. The number of hydrogen-bond acceptors (Lipinski definition) is 3. The van der Waals surface area contributed by atoms with Crippen molar-refractivity contribution in [2.24, 2.45) is 5.92 Å². The molecule has 0 spiro atoms. The molecule has 1 aromatic carbocycles. The summed E-state index contributed by atoms with van der Waals surface area (Å²) in [5.74, 6) is -1.59. The van der Waals surface area contributed by atoms with Crippen molar-refractivity contribution < 1.29 is 13.6 Å². The van der Waals surface area contributed by atoms with E-state index in [2.05, 4.69) is 22.5 Å². The number of halogens is 2. The maximum Gasteiger partial charge on any atom is 0.226 e.